The van der Waals surface area contributed by atoms with Gasteiger partial charge in [-0.2, -0.15) is 0 Å². The minimum Gasteiger partial charge on any atom is -0.391 e. The number of aliphatic hydroxyl groups is 1. The molecule has 1 amide bonds. The number of amides is 1. The summed E-state index contributed by atoms with van der Waals surface area (Å²) in [6.45, 7) is 4.25. The Balaban J connectivity index is 2.40. The summed E-state index contributed by atoms with van der Waals surface area (Å²) in [5.41, 5.74) is 0. The molecule has 0 aliphatic carbocycles. The summed E-state index contributed by atoms with van der Waals surface area (Å²) in [5.74, 6) is 0.502. The lowest BCUT2D eigenvalue weighted by Gasteiger charge is -2.08. The maximum Gasteiger partial charge on any atom is 0.291 e. The fourth-order valence-corrected chi connectivity index (χ4v) is 1.47. The average Bonchev–Trinajstić information content (AvgIpc) is 2.75. The molecule has 0 aliphatic rings. The fourth-order valence-electron chi connectivity index (χ4n) is 1.47. The van der Waals surface area contributed by atoms with Crippen LogP contribution >= 0.6 is 0 Å². The zero-order chi connectivity index (χ0) is 12.7. The van der Waals surface area contributed by atoms with Crippen molar-refractivity contribution in [2.24, 2.45) is 0 Å². The average molecular weight is 240 g/mol. The topological polar surface area (TPSA) is 90.9 Å². The Morgan fingerprint density at radius 1 is 1.47 bits per heavy atom. The molecule has 0 aromatic carbocycles. The van der Waals surface area contributed by atoms with Gasteiger partial charge >= 0.3 is 0 Å². The first kappa shape index (κ1) is 13.6. The smallest absolute Gasteiger partial charge is 0.291 e. The first-order valence-corrected chi connectivity index (χ1v) is 6.04. The Morgan fingerprint density at radius 3 is 2.88 bits per heavy atom. The molecule has 17 heavy (non-hydrogen) atoms. The summed E-state index contributed by atoms with van der Waals surface area (Å²) >= 11 is 0. The van der Waals surface area contributed by atoms with E-state index in [1.165, 1.54) is 0 Å². The van der Waals surface area contributed by atoms with Gasteiger partial charge in [0, 0.05) is 13.0 Å². The van der Waals surface area contributed by atoms with Gasteiger partial charge in [0.15, 0.2) is 0 Å². The molecule has 0 fully saturated rings. The monoisotopic (exact) mass is 240 g/mol. The van der Waals surface area contributed by atoms with Gasteiger partial charge in [0.25, 0.3) is 5.91 Å². The highest BCUT2D eigenvalue weighted by Gasteiger charge is 2.13. The summed E-state index contributed by atoms with van der Waals surface area (Å²) in [5, 5.41) is 18.6. The van der Waals surface area contributed by atoms with E-state index >= 15 is 0 Å². The molecule has 6 heteroatoms. The van der Waals surface area contributed by atoms with Crippen LogP contribution in [0.1, 0.15) is 49.6 Å². The van der Waals surface area contributed by atoms with Crippen LogP contribution in [0.15, 0.2) is 0 Å². The molecule has 0 aliphatic heterocycles. The quantitative estimate of drug-likeness (QED) is 0.652. The molecule has 1 unspecified atom stereocenters. The van der Waals surface area contributed by atoms with Gasteiger partial charge in [0.05, 0.1) is 6.10 Å². The second kappa shape index (κ2) is 7.01. The number of carbonyl (C=O) groups is 1. The van der Waals surface area contributed by atoms with Gasteiger partial charge in [-0.3, -0.25) is 9.89 Å². The third-order valence-electron chi connectivity index (χ3n) is 2.34. The predicted molar refractivity (Wildman–Crippen MR) is 63.6 cm³/mol. The van der Waals surface area contributed by atoms with Gasteiger partial charge in [-0.15, -0.1) is 5.10 Å². The van der Waals surface area contributed by atoms with Crippen LogP contribution in [0.25, 0.3) is 0 Å². The van der Waals surface area contributed by atoms with E-state index in [1.807, 2.05) is 13.8 Å². The molecule has 0 saturated heterocycles. The van der Waals surface area contributed by atoms with Crippen LogP contribution in [0, 0.1) is 0 Å². The lowest BCUT2D eigenvalue weighted by molar-refractivity contribution is 0.0900. The van der Waals surface area contributed by atoms with Gasteiger partial charge < -0.3 is 10.4 Å². The fraction of sp³-hybridized carbons (Fsp3) is 0.727. The van der Waals surface area contributed by atoms with Gasteiger partial charge in [-0.1, -0.05) is 20.3 Å². The zero-order valence-electron chi connectivity index (χ0n) is 10.4. The second-order valence-corrected chi connectivity index (χ2v) is 4.01. The van der Waals surface area contributed by atoms with Crippen molar-refractivity contribution in [3.05, 3.63) is 11.6 Å². The van der Waals surface area contributed by atoms with E-state index in [2.05, 4.69) is 20.5 Å². The summed E-state index contributed by atoms with van der Waals surface area (Å²) in [4.78, 5) is 15.7. The van der Waals surface area contributed by atoms with Crippen molar-refractivity contribution in [3.63, 3.8) is 0 Å². The molecule has 1 aromatic rings. The second-order valence-electron chi connectivity index (χ2n) is 4.01. The van der Waals surface area contributed by atoms with Crippen LogP contribution < -0.4 is 5.32 Å². The molecule has 1 aromatic heterocycles. The maximum atomic E-state index is 11.6. The summed E-state index contributed by atoms with van der Waals surface area (Å²) < 4.78 is 0. The van der Waals surface area contributed by atoms with Gasteiger partial charge in [-0.25, -0.2) is 4.98 Å². The molecule has 1 heterocycles. The van der Waals surface area contributed by atoms with Crippen molar-refractivity contribution in [2.45, 2.75) is 45.6 Å². The molecule has 3 N–H and O–H groups in total. The molecule has 6 nitrogen and oxygen atoms in total. The van der Waals surface area contributed by atoms with E-state index in [0.717, 1.165) is 19.3 Å². The predicted octanol–water partition coefficient (Wildman–Crippen LogP) is 0.648. The third-order valence-corrected chi connectivity index (χ3v) is 2.34. The van der Waals surface area contributed by atoms with Crippen molar-refractivity contribution in [2.75, 3.05) is 6.54 Å². The molecular weight excluding hydrogens is 220 g/mol. The summed E-state index contributed by atoms with van der Waals surface area (Å²) in [6, 6.07) is 0. The molecule has 0 saturated carbocycles. The van der Waals surface area contributed by atoms with Gasteiger partial charge in [0.1, 0.15) is 5.82 Å². The highest BCUT2D eigenvalue weighted by Crippen LogP contribution is 1.98. The lowest BCUT2D eigenvalue weighted by Crippen LogP contribution is -2.32. The van der Waals surface area contributed by atoms with E-state index in [1.54, 1.807) is 0 Å². The number of aliphatic hydroxyl groups excluding tert-OH is 1. The van der Waals surface area contributed by atoms with Crippen molar-refractivity contribution in [3.8, 4) is 0 Å². The highest BCUT2D eigenvalue weighted by molar-refractivity contribution is 5.90. The maximum absolute atomic E-state index is 11.6. The number of hydrogen-bond donors (Lipinski definition) is 3. The Bertz CT molecular complexity index is 351. The molecule has 0 spiro atoms. The SMILES string of the molecule is CCCc1nc(C(=O)NCC(O)CCC)n[nH]1. The minimum absolute atomic E-state index is 0.136. The van der Waals surface area contributed by atoms with E-state index < -0.39 is 6.10 Å². The number of aromatic amines is 1. The van der Waals surface area contributed by atoms with E-state index in [4.69, 9.17) is 0 Å². The van der Waals surface area contributed by atoms with Gasteiger partial charge in [0.2, 0.25) is 5.82 Å². The summed E-state index contributed by atoms with van der Waals surface area (Å²) in [6.07, 6.45) is 2.79. The number of nitrogens with one attached hydrogen (secondary N) is 2. The van der Waals surface area contributed by atoms with Crippen LogP contribution in [0.4, 0.5) is 0 Å². The van der Waals surface area contributed by atoms with E-state index in [9.17, 15) is 9.90 Å². The number of nitrogens with zero attached hydrogens (tertiary/aromatic N) is 2. The number of H-pyrrole nitrogens is 1. The first-order chi connectivity index (χ1) is 8.17. The van der Waals surface area contributed by atoms with Gasteiger partial charge in [-0.05, 0) is 12.8 Å². The summed E-state index contributed by atoms with van der Waals surface area (Å²) in [7, 11) is 0. The van der Waals surface area contributed by atoms with E-state index in [-0.39, 0.29) is 18.3 Å². The Morgan fingerprint density at radius 2 is 2.24 bits per heavy atom. The van der Waals surface area contributed by atoms with Crippen LogP contribution in [-0.4, -0.2) is 38.8 Å². The van der Waals surface area contributed by atoms with Crippen molar-refractivity contribution >= 4 is 5.91 Å². The number of aryl methyl sites for hydroxylation is 1. The van der Waals surface area contributed by atoms with Crippen LogP contribution in [0.5, 0.6) is 0 Å². The van der Waals surface area contributed by atoms with Crippen LogP contribution in [-0.2, 0) is 6.42 Å². The van der Waals surface area contributed by atoms with Crippen molar-refractivity contribution in [1.82, 2.24) is 20.5 Å². The third kappa shape index (κ3) is 4.52. The molecule has 0 bridgehead atoms. The standard InChI is InChI=1S/C11H20N4O2/c1-3-5-8(16)7-12-11(17)10-13-9(6-4-2)14-15-10/h8,16H,3-7H2,1-2H3,(H,12,17)(H,13,14,15). The number of aromatic nitrogens is 3. The number of rotatable bonds is 7. The first-order valence-electron chi connectivity index (χ1n) is 6.04. The molecule has 1 rings (SSSR count). The number of hydrogen-bond acceptors (Lipinski definition) is 4. The highest BCUT2D eigenvalue weighted by atomic mass is 16.3. The Hall–Kier alpha value is -1.43. The number of carbonyl (C=O) groups excluding carboxylic acids is 1. The lowest BCUT2D eigenvalue weighted by atomic mass is 10.2. The molecule has 96 valence electrons. The largest absolute Gasteiger partial charge is 0.391 e. The molecule has 1 atom stereocenters. The Labute approximate surface area is 101 Å². The van der Waals surface area contributed by atoms with Crippen molar-refractivity contribution in [1.29, 1.82) is 0 Å². The zero-order valence-corrected chi connectivity index (χ0v) is 10.4. The van der Waals surface area contributed by atoms with E-state index in [0.29, 0.717) is 12.2 Å². The normalized spacial score (nSPS) is 12.4. The Kier molecular flexibility index (Phi) is 5.62. The molecular formula is C11H20N4O2. The van der Waals surface area contributed by atoms with Crippen molar-refractivity contribution < 1.29 is 9.90 Å². The molecule has 0 radical (unpaired) electrons. The minimum atomic E-state index is -0.502. The van der Waals surface area contributed by atoms with Crippen LogP contribution in [0.2, 0.25) is 0 Å². The van der Waals surface area contributed by atoms with Crippen LogP contribution in [0.3, 0.4) is 0 Å².